The second-order valence-electron chi connectivity index (χ2n) is 4.47. The molecule has 0 amide bonds. The highest BCUT2D eigenvalue weighted by atomic mass is 16.4. The maximum Gasteiger partial charge on any atom is 0.356 e. The molecule has 2 aromatic heterocycles. The molecule has 94 valence electrons. The van der Waals surface area contributed by atoms with Crippen molar-refractivity contribution in [2.75, 3.05) is 18.0 Å². The van der Waals surface area contributed by atoms with Gasteiger partial charge in [0.1, 0.15) is 5.82 Å². The summed E-state index contributed by atoms with van der Waals surface area (Å²) in [4.78, 5) is 17.5. The van der Waals surface area contributed by atoms with Crippen LogP contribution >= 0.6 is 0 Å². The van der Waals surface area contributed by atoms with Gasteiger partial charge in [0.2, 0.25) is 0 Å². The molecule has 18 heavy (non-hydrogen) atoms. The highest BCUT2D eigenvalue weighted by molar-refractivity contribution is 5.86. The summed E-state index contributed by atoms with van der Waals surface area (Å²) in [5.74, 6) is -0.126. The predicted molar refractivity (Wildman–Crippen MR) is 66.0 cm³/mol. The Hall–Kier alpha value is -2.11. The summed E-state index contributed by atoms with van der Waals surface area (Å²) in [6, 6.07) is 3.38. The van der Waals surface area contributed by atoms with Crippen molar-refractivity contribution in [2.45, 2.75) is 19.3 Å². The number of fused-ring (bicyclic) bond motifs is 1. The van der Waals surface area contributed by atoms with Gasteiger partial charge in [0, 0.05) is 25.4 Å². The Balaban J connectivity index is 1.96. The number of hydrogen-bond acceptors (Lipinski definition) is 4. The van der Waals surface area contributed by atoms with E-state index in [1.165, 1.54) is 29.8 Å². The molecule has 3 rings (SSSR count). The topological polar surface area (TPSA) is 70.7 Å². The van der Waals surface area contributed by atoms with Crippen molar-refractivity contribution in [2.24, 2.45) is 0 Å². The van der Waals surface area contributed by atoms with E-state index < -0.39 is 5.97 Å². The molecule has 1 aliphatic heterocycles. The van der Waals surface area contributed by atoms with Gasteiger partial charge in [0.15, 0.2) is 11.3 Å². The Morgan fingerprint density at radius 2 is 2.06 bits per heavy atom. The van der Waals surface area contributed by atoms with E-state index in [-0.39, 0.29) is 5.69 Å². The van der Waals surface area contributed by atoms with Gasteiger partial charge in [-0.15, -0.1) is 0 Å². The third-order valence-electron chi connectivity index (χ3n) is 3.21. The van der Waals surface area contributed by atoms with Crippen LogP contribution in [0.5, 0.6) is 0 Å². The van der Waals surface area contributed by atoms with Crippen LogP contribution in [0.3, 0.4) is 0 Å². The van der Waals surface area contributed by atoms with E-state index in [2.05, 4.69) is 15.0 Å². The third-order valence-corrected chi connectivity index (χ3v) is 3.21. The Labute approximate surface area is 104 Å². The first-order valence-electron chi connectivity index (χ1n) is 6.09. The lowest BCUT2D eigenvalue weighted by Crippen LogP contribution is -2.30. The highest BCUT2D eigenvalue weighted by Crippen LogP contribution is 2.18. The third kappa shape index (κ3) is 1.90. The number of nitrogens with zero attached hydrogens (tertiary/aromatic N) is 4. The van der Waals surface area contributed by atoms with Gasteiger partial charge < -0.3 is 10.0 Å². The van der Waals surface area contributed by atoms with Crippen LogP contribution in [0.4, 0.5) is 5.82 Å². The van der Waals surface area contributed by atoms with Gasteiger partial charge in [-0.05, 0) is 25.3 Å². The smallest absolute Gasteiger partial charge is 0.356 e. The molecule has 1 fully saturated rings. The number of piperidine rings is 1. The molecule has 0 aromatic carbocycles. The van der Waals surface area contributed by atoms with Crippen LogP contribution in [0, 0.1) is 0 Å². The monoisotopic (exact) mass is 246 g/mol. The van der Waals surface area contributed by atoms with Crippen LogP contribution in [-0.4, -0.2) is 38.8 Å². The number of aromatic carboxylic acids is 1. The van der Waals surface area contributed by atoms with E-state index in [4.69, 9.17) is 5.11 Å². The maximum absolute atomic E-state index is 10.8. The fraction of sp³-hybridized carbons (Fsp3) is 0.417. The van der Waals surface area contributed by atoms with Crippen molar-refractivity contribution in [1.82, 2.24) is 14.6 Å². The van der Waals surface area contributed by atoms with Gasteiger partial charge in [-0.3, -0.25) is 0 Å². The van der Waals surface area contributed by atoms with E-state index in [1.807, 2.05) is 6.07 Å². The van der Waals surface area contributed by atoms with Crippen molar-refractivity contribution in [3.63, 3.8) is 0 Å². The summed E-state index contributed by atoms with van der Waals surface area (Å²) in [5, 5.41) is 12.8. The Kier molecular flexibility index (Phi) is 2.62. The van der Waals surface area contributed by atoms with Crippen LogP contribution in [0.1, 0.15) is 29.8 Å². The lowest BCUT2D eigenvalue weighted by Gasteiger charge is -2.27. The molecule has 0 atom stereocenters. The zero-order valence-corrected chi connectivity index (χ0v) is 9.91. The zero-order valence-electron chi connectivity index (χ0n) is 9.91. The number of carboxylic acid groups (broad SMARTS) is 1. The average molecular weight is 246 g/mol. The molecule has 3 heterocycles. The molecule has 2 aromatic rings. The van der Waals surface area contributed by atoms with E-state index >= 15 is 0 Å². The van der Waals surface area contributed by atoms with Crippen LogP contribution in [-0.2, 0) is 0 Å². The highest BCUT2D eigenvalue weighted by Gasteiger charge is 2.14. The lowest BCUT2D eigenvalue weighted by atomic mass is 10.1. The van der Waals surface area contributed by atoms with Gasteiger partial charge >= 0.3 is 5.97 Å². The molecule has 0 unspecified atom stereocenters. The largest absolute Gasteiger partial charge is 0.476 e. The van der Waals surface area contributed by atoms with E-state index in [0.29, 0.717) is 5.65 Å². The number of carboxylic acids is 1. The van der Waals surface area contributed by atoms with Crippen molar-refractivity contribution in [3.8, 4) is 0 Å². The van der Waals surface area contributed by atoms with Gasteiger partial charge in [-0.2, -0.15) is 5.10 Å². The number of carbonyl (C=O) groups is 1. The van der Waals surface area contributed by atoms with E-state index in [9.17, 15) is 4.79 Å². The second-order valence-corrected chi connectivity index (χ2v) is 4.47. The molecule has 6 heteroatoms. The van der Waals surface area contributed by atoms with Crippen molar-refractivity contribution < 1.29 is 9.90 Å². The van der Waals surface area contributed by atoms with Crippen molar-refractivity contribution >= 4 is 17.4 Å². The average Bonchev–Trinajstić information content (AvgIpc) is 2.82. The first-order chi connectivity index (χ1) is 8.74. The second kappa shape index (κ2) is 4.29. The predicted octanol–water partition coefficient (Wildman–Crippen LogP) is 1.42. The SMILES string of the molecule is O=C(O)c1cc2nc(N3CCCCC3)ccn2n1. The maximum atomic E-state index is 10.8. The molecule has 0 aliphatic carbocycles. The summed E-state index contributed by atoms with van der Waals surface area (Å²) in [6.07, 6.45) is 5.41. The molecule has 0 saturated carbocycles. The van der Waals surface area contributed by atoms with Gasteiger partial charge in [0.25, 0.3) is 0 Å². The van der Waals surface area contributed by atoms with Crippen LogP contribution in [0.25, 0.3) is 5.65 Å². The molecule has 1 saturated heterocycles. The molecule has 0 spiro atoms. The fourth-order valence-electron chi connectivity index (χ4n) is 2.27. The molecule has 1 N–H and O–H groups in total. The van der Waals surface area contributed by atoms with E-state index in [1.54, 1.807) is 6.20 Å². The quantitative estimate of drug-likeness (QED) is 0.867. The fourth-order valence-corrected chi connectivity index (χ4v) is 2.27. The minimum atomic E-state index is -1.03. The minimum absolute atomic E-state index is 0.0262. The van der Waals surface area contributed by atoms with E-state index in [0.717, 1.165) is 18.9 Å². The van der Waals surface area contributed by atoms with Crippen LogP contribution in [0.2, 0.25) is 0 Å². The van der Waals surface area contributed by atoms with Gasteiger partial charge in [-0.25, -0.2) is 14.3 Å². The van der Waals surface area contributed by atoms with Crippen LogP contribution in [0.15, 0.2) is 18.3 Å². The van der Waals surface area contributed by atoms with Crippen molar-refractivity contribution in [1.29, 1.82) is 0 Å². The van der Waals surface area contributed by atoms with Crippen molar-refractivity contribution in [3.05, 3.63) is 24.0 Å². The molecular formula is C12H14N4O2. The summed E-state index contributed by atoms with van der Waals surface area (Å²) >= 11 is 0. The summed E-state index contributed by atoms with van der Waals surface area (Å²) < 4.78 is 1.50. The Bertz CT molecular complexity index is 587. The molecule has 0 bridgehead atoms. The molecule has 6 nitrogen and oxygen atoms in total. The van der Waals surface area contributed by atoms with Crippen LogP contribution < -0.4 is 4.90 Å². The molecule has 1 aliphatic rings. The number of rotatable bonds is 2. The number of anilines is 1. The lowest BCUT2D eigenvalue weighted by molar-refractivity contribution is 0.0690. The first kappa shape index (κ1) is 11.0. The number of hydrogen-bond donors (Lipinski definition) is 1. The summed E-state index contributed by atoms with van der Waals surface area (Å²) in [5.41, 5.74) is 0.605. The van der Waals surface area contributed by atoms with Gasteiger partial charge in [0.05, 0.1) is 0 Å². The summed E-state index contributed by atoms with van der Waals surface area (Å²) in [6.45, 7) is 2.03. The Morgan fingerprint density at radius 1 is 1.28 bits per heavy atom. The Morgan fingerprint density at radius 3 is 2.78 bits per heavy atom. The minimum Gasteiger partial charge on any atom is -0.476 e. The number of aromatic nitrogens is 3. The molecular weight excluding hydrogens is 232 g/mol. The first-order valence-corrected chi connectivity index (χ1v) is 6.09. The normalized spacial score (nSPS) is 16.1. The molecule has 0 radical (unpaired) electrons. The van der Waals surface area contributed by atoms with Gasteiger partial charge in [-0.1, -0.05) is 0 Å². The zero-order chi connectivity index (χ0) is 12.5. The standard InChI is InChI=1S/C12H14N4O2/c17-12(18)9-8-11-13-10(4-7-16(11)14-9)15-5-2-1-3-6-15/h4,7-8H,1-3,5-6H2,(H,17,18). The summed E-state index contributed by atoms with van der Waals surface area (Å²) in [7, 11) is 0.